The molecule has 0 aliphatic rings. The first-order chi connectivity index (χ1) is 8.24. The van der Waals surface area contributed by atoms with Crippen LogP contribution >= 0.6 is 0 Å². The Morgan fingerprint density at radius 2 is 2.24 bits per heavy atom. The van der Waals surface area contributed by atoms with Crippen LogP contribution in [0.15, 0.2) is 24.5 Å². The van der Waals surface area contributed by atoms with E-state index < -0.39 is 0 Å². The molecule has 0 fully saturated rings. The highest BCUT2D eigenvalue weighted by Crippen LogP contribution is 2.03. The second-order valence-electron chi connectivity index (χ2n) is 3.51. The van der Waals surface area contributed by atoms with Gasteiger partial charge in [0.2, 0.25) is 5.91 Å². The molecule has 5 nitrogen and oxygen atoms in total. The van der Waals surface area contributed by atoms with Crippen molar-refractivity contribution >= 4 is 11.7 Å². The van der Waals surface area contributed by atoms with Gasteiger partial charge in [0.1, 0.15) is 0 Å². The Hall–Kier alpha value is -1.75. The summed E-state index contributed by atoms with van der Waals surface area (Å²) < 4.78 is 4.80. The van der Waals surface area contributed by atoms with E-state index in [-0.39, 0.29) is 24.5 Å². The third kappa shape index (κ3) is 5.21. The summed E-state index contributed by atoms with van der Waals surface area (Å²) in [6.45, 7) is 0.943. The Labute approximate surface area is 100 Å². The number of nitrogens with one attached hydrogen (secondary N) is 1. The maximum absolute atomic E-state index is 11.6. The summed E-state index contributed by atoms with van der Waals surface area (Å²) in [5, 5.41) is 2.66. The van der Waals surface area contributed by atoms with Crippen molar-refractivity contribution in [3.8, 4) is 0 Å². The van der Waals surface area contributed by atoms with Crippen LogP contribution in [-0.4, -0.2) is 36.9 Å². The Balaban J connectivity index is 2.26. The zero-order valence-electron chi connectivity index (χ0n) is 9.81. The number of pyridine rings is 1. The van der Waals surface area contributed by atoms with Gasteiger partial charge in [0.15, 0.2) is 5.78 Å². The molecule has 0 unspecified atom stereocenters. The number of carbonyl (C=O) groups is 2. The smallest absolute Gasteiger partial charge is 0.220 e. The molecule has 17 heavy (non-hydrogen) atoms. The van der Waals surface area contributed by atoms with Gasteiger partial charge in [-0.2, -0.15) is 0 Å². The highest BCUT2D eigenvalue weighted by molar-refractivity contribution is 5.97. The van der Waals surface area contributed by atoms with Gasteiger partial charge in [0.05, 0.1) is 6.61 Å². The minimum absolute atomic E-state index is 0.0695. The van der Waals surface area contributed by atoms with Crippen molar-refractivity contribution in [1.29, 1.82) is 0 Å². The Morgan fingerprint density at radius 3 is 2.88 bits per heavy atom. The lowest BCUT2D eigenvalue weighted by molar-refractivity contribution is -0.121. The van der Waals surface area contributed by atoms with Crippen molar-refractivity contribution in [1.82, 2.24) is 10.3 Å². The Bertz CT molecular complexity index is 365. The summed E-state index contributed by atoms with van der Waals surface area (Å²) in [5.41, 5.74) is 0.539. The SMILES string of the molecule is COCCNC(=O)CCC(=O)c1cccnc1. The van der Waals surface area contributed by atoms with Gasteiger partial charge in [-0.3, -0.25) is 14.6 Å². The third-order valence-corrected chi connectivity index (χ3v) is 2.19. The normalized spacial score (nSPS) is 9.94. The lowest BCUT2D eigenvalue weighted by Crippen LogP contribution is -2.27. The van der Waals surface area contributed by atoms with Gasteiger partial charge in [-0.25, -0.2) is 0 Å². The first-order valence-corrected chi connectivity index (χ1v) is 5.43. The van der Waals surface area contributed by atoms with Crippen LogP contribution in [0, 0.1) is 0 Å². The fourth-order valence-electron chi connectivity index (χ4n) is 1.28. The molecule has 1 aromatic heterocycles. The van der Waals surface area contributed by atoms with Crippen LogP contribution in [0.4, 0.5) is 0 Å². The van der Waals surface area contributed by atoms with Gasteiger partial charge in [-0.15, -0.1) is 0 Å². The third-order valence-electron chi connectivity index (χ3n) is 2.19. The molecule has 0 aliphatic carbocycles. The van der Waals surface area contributed by atoms with E-state index in [0.29, 0.717) is 18.7 Å². The minimum atomic E-state index is -0.140. The van der Waals surface area contributed by atoms with Gasteiger partial charge < -0.3 is 10.1 Å². The molecular formula is C12H16N2O3. The number of methoxy groups -OCH3 is 1. The maximum atomic E-state index is 11.6. The van der Waals surface area contributed by atoms with E-state index >= 15 is 0 Å². The molecule has 92 valence electrons. The number of amides is 1. The highest BCUT2D eigenvalue weighted by Gasteiger charge is 2.08. The van der Waals surface area contributed by atoms with Crippen molar-refractivity contribution in [2.75, 3.05) is 20.3 Å². The van der Waals surface area contributed by atoms with Crippen LogP contribution in [0.5, 0.6) is 0 Å². The summed E-state index contributed by atoms with van der Waals surface area (Å²) in [6.07, 6.45) is 3.50. The van der Waals surface area contributed by atoms with Crippen LogP contribution in [-0.2, 0) is 9.53 Å². The van der Waals surface area contributed by atoms with Gasteiger partial charge in [0.25, 0.3) is 0 Å². The average Bonchev–Trinajstić information content (AvgIpc) is 2.37. The molecule has 1 rings (SSSR count). The van der Waals surface area contributed by atoms with E-state index in [9.17, 15) is 9.59 Å². The summed E-state index contributed by atoms with van der Waals surface area (Å²) >= 11 is 0. The van der Waals surface area contributed by atoms with Crippen LogP contribution in [0.2, 0.25) is 0 Å². The minimum Gasteiger partial charge on any atom is -0.383 e. The van der Waals surface area contributed by atoms with Crippen molar-refractivity contribution in [3.63, 3.8) is 0 Å². The highest BCUT2D eigenvalue weighted by atomic mass is 16.5. The molecule has 1 amide bonds. The Kier molecular flexibility index (Phi) is 5.88. The van der Waals surface area contributed by atoms with E-state index in [2.05, 4.69) is 10.3 Å². The summed E-state index contributed by atoms with van der Waals surface area (Å²) in [6, 6.07) is 3.39. The zero-order chi connectivity index (χ0) is 12.5. The second-order valence-corrected chi connectivity index (χ2v) is 3.51. The molecule has 0 aromatic carbocycles. The molecule has 0 saturated carbocycles. The Morgan fingerprint density at radius 1 is 1.41 bits per heavy atom. The molecule has 0 saturated heterocycles. The zero-order valence-corrected chi connectivity index (χ0v) is 9.81. The molecule has 1 heterocycles. The van der Waals surface area contributed by atoms with Crippen LogP contribution < -0.4 is 5.32 Å². The maximum Gasteiger partial charge on any atom is 0.220 e. The van der Waals surface area contributed by atoms with E-state index in [1.807, 2.05) is 0 Å². The van der Waals surface area contributed by atoms with Crippen molar-refractivity contribution in [2.45, 2.75) is 12.8 Å². The summed E-state index contributed by atoms with van der Waals surface area (Å²) in [7, 11) is 1.57. The largest absolute Gasteiger partial charge is 0.383 e. The molecule has 0 spiro atoms. The number of ketones is 1. The topological polar surface area (TPSA) is 68.3 Å². The molecule has 0 atom stereocenters. The summed E-state index contributed by atoms with van der Waals surface area (Å²) in [4.78, 5) is 26.8. The molecular weight excluding hydrogens is 220 g/mol. The van der Waals surface area contributed by atoms with E-state index in [1.165, 1.54) is 6.20 Å². The lowest BCUT2D eigenvalue weighted by atomic mass is 10.1. The number of hydrogen-bond donors (Lipinski definition) is 1. The number of hydrogen-bond acceptors (Lipinski definition) is 4. The number of Topliss-reactive ketones (excluding diaryl/α,β-unsaturated/α-hetero) is 1. The number of nitrogens with zero attached hydrogens (tertiary/aromatic N) is 1. The molecule has 0 radical (unpaired) electrons. The molecule has 5 heteroatoms. The van der Waals surface area contributed by atoms with Crippen LogP contribution in [0.3, 0.4) is 0 Å². The summed E-state index contributed by atoms with van der Waals surface area (Å²) in [5.74, 6) is -0.209. The lowest BCUT2D eigenvalue weighted by Gasteiger charge is -2.03. The number of ether oxygens (including phenoxy) is 1. The molecule has 1 aromatic rings. The van der Waals surface area contributed by atoms with Crippen LogP contribution in [0.1, 0.15) is 23.2 Å². The van der Waals surface area contributed by atoms with Crippen LogP contribution in [0.25, 0.3) is 0 Å². The second kappa shape index (κ2) is 7.51. The molecule has 0 aliphatic heterocycles. The quantitative estimate of drug-likeness (QED) is 0.562. The van der Waals surface area contributed by atoms with Crippen molar-refractivity contribution < 1.29 is 14.3 Å². The fraction of sp³-hybridized carbons (Fsp3) is 0.417. The molecule has 1 N–H and O–H groups in total. The predicted octanol–water partition coefficient (Wildman–Crippen LogP) is 0.807. The van der Waals surface area contributed by atoms with Gasteiger partial charge in [-0.05, 0) is 12.1 Å². The average molecular weight is 236 g/mol. The first-order valence-electron chi connectivity index (χ1n) is 5.43. The van der Waals surface area contributed by atoms with E-state index in [1.54, 1.807) is 25.4 Å². The van der Waals surface area contributed by atoms with Crippen molar-refractivity contribution in [3.05, 3.63) is 30.1 Å². The number of carbonyl (C=O) groups excluding carboxylic acids is 2. The van der Waals surface area contributed by atoms with Gasteiger partial charge in [-0.1, -0.05) is 0 Å². The van der Waals surface area contributed by atoms with Gasteiger partial charge >= 0.3 is 0 Å². The standard InChI is InChI=1S/C12H16N2O3/c1-17-8-7-14-12(16)5-4-11(15)10-3-2-6-13-9-10/h2-3,6,9H,4-5,7-8H2,1H3,(H,14,16). The fourth-order valence-corrected chi connectivity index (χ4v) is 1.28. The number of rotatable bonds is 7. The van der Waals surface area contributed by atoms with Gasteiger partial charge in [0, 0.05) is 44.5 Å². The van der Waals surface area contributed by atoms with Crippen molar-refractivity contribution in [2.24, 2.45) is 0 Å². The van der Waals surface area contributed by atoms with E-state index in [4.69, 9.17) is 4.74 Å². The monoisotopic (exact) mass is 236 g/mol. The molecule has 0 bridgehead atoms. The predicted molar refractivity (Wildman–Crippen MR) is 62.7 cm³/mol. The first kappa shape index (κ1) is 13.3. The van der Waals surface area contributed by atoms with E-state index in [0.717, 1.165) is 0 Å². The number of aromatic nitrogens is 1.